The molecule has 0 spiro atoms. The predicted octanol–water partition coefficient (Wildman–Crippen LogP) is 4.65. The number of benzene rings is 1. The Kier molecular flexibility index (Phi) is 4.18. The summed E-state index contributed by atoms with van der Waals surface area (Å²) in [5.74, 6) is -1.02. The third-order valence-electron chi connectivity index (χ3n) is 2.41. The van der Waals surface area contributed by atoms with Crippen molar-refractivity contribution in [3.8, 4) is 6.07 Å². The number of carbonyl (C=O) groups excluding carboxylic acids is 1. The zero-order valence-corrected chi connectivity index (χ0v) is 12.2. The number of halogens is 2. The molecule has 0 N–H and O–H groups in total. The third-order valence-corrected chi connectivity index (χ3v) is 4.28. The molecule has 5 heteroatoms. The second-order valence-corrected chi connectivity index (χ2v) is 5.84. The number of nitrogens with zero attached hydrogens (tertiary/aromatic N) is 1. The van der Waals surface area contributed by atoms with Crippen molar-refractivity contribution < 1.29 is 4.79 Å². The van der Waals surface area contributed by atoms with E-state index >= 15 is 0 Å². The van der Waals surface area contributed by atoms with Crippen LogP contribution in [-0.2, 0) is 0 Å². The number of thiophene rings is 1. The Morgan fingerprint density at radius 1 is 1.44 bits per heavy atom. The van der Waals surface area contributed by atoms with E-state index in [-0.39, 0.29) is 5.78 Å². The van der Waals surface area contributed by atoms with E-state index < -0.39 is 5.92 Å². The highest BCUT2D eigenvalue weighted by Crippen LogP contribution is 2.29. The van der Waals surface area contributed by atoms with E-state index in [1.54, 1.807) is 24.3 Å². The van der Waals surface area contributed by atoms with Crippen molar-refractivity contribution >= 4 is 44.7 Å². The van der Waals surface area contributed by atoms with E-state index in [0.29, 0.717) is 15.1 Å². The molecule has 2 nitrogen and oxygen atoms in total. The highest BCUT2D eigenvalue weighted by molar-refractivity contribution is 9.10. The van der Waals surface area contributed by atoms with E-state index in [2.05, 4.69) is 15.9 Å². The lowest BCUT2D eigenvalue weighted by Crippen LogP contribution is -2.10. The Morgan fingerprint density at radius 2 is 2.22 bits per heavy atom. The Morgan fingerprint density at radius 3 is 2.83 bits per heavy atom. The number of rotatable bonds is 3. The van der Waals surface area contributed by atoms with Crippen LogP contribution in [0.5, 0.6) is 0 Å². The molecular weight excluding hydrogens is 334 g/mol. The predicted molar refractivity (Wildman–Crippen MR) is 76.2 cm³/mol. The molecule has 1 aromatic carbocycles. The van der Waals surface area contributed by atoms with Gasteiger partial charge >= 0.3 is 0 Å². The van der Waals surface area contributed by atoms with E-state index in [4.69, 9.17) is 11.6 Å². The first-order chi connectivity index (χ1) is 8.63. The monoisotopic (exact) mass is 339 g/mol. The Hall–Kier alpha value is -1.15. The molecule has 1 unspecified atom stereocenters. The zero-order valence-electron chi connectivity index (χ0n) is 9.06. The number of hydrogen-bond donors (Lipinski definition) is 0. The van der Waals surface area contributed by atoms with Gasteiger partial charge in [0.15, 0.2) is 5.78 Å². The minimum Gasteiger partial charge on any atom is -0.292 e. The number of hydrogen-bond acceptors (Lipinski definition) is 3. The summed E-state index contributed by atoms with van der Waals surface area (Å²) in [6, 6.07) is 10.6. The van der Waals surface area contributed by atoms with Crippen molar-refractivity contribution in [1.29, 1.82) is 5.26 Å². The fourth-order valence-corrected chi connectivity index (χ4v) is 2.93. The Bertz CT molecular complexity index is 618. The fourth-order valence-electron chi connectivity index (χ4n) is 1.55. The standard InChI is InChI=1S/C13H7BrClNOS/c14-11-4-3-8(15)6-9(11)13(17)10(7-16)12-2-1-5-18-12/h1-6,10H. The van der Waals surface area contributed by atoms with Crippen molar-refractivity contribution in [3.05, 3.63) is 55.6 Å². The lowest BCUT2D eigenvalue weighted by molar-refractivity contribution is 0.0979. The molecule has 0 amide bonds. The summed E-state index contributed by atoms with van der Waals surface area (Å²) in [4.78, 5) is 13.1. The smallest absolute Gasteiger partial charge is 0.186 e. The molecule has 0 aliphatic carbocycles. The van der Waals surface area contributed by atoms with Crippen LogP contribution in [0, 0.1) is 11.3 Å². The van der Waals surface area contributed by atoms with Gasteiger partial charge in [-0.25, -0.2) is 0 Å². The third kappa shape index (κ3) is 2.64. The molecule has 0 saturated heterocycles. The van der Waals surface area contributed by atoms with Gasteiger partial charge in [0.05, 0.1) is 6.07 Å². The molecular formula is C13H7BrClNOS. The van der Waals surface area contributed by atoms with Gasteiger partial charge in [-0.2, -0.15) is 5.26 Å². The second kappa shape index (κ2) is 5.66. The molecule has 2 rings (SSSR count). The number of nitriles is 1. The minimum atomic E-state index is -0.778. The fraction of sp³-hybridized carbons (Fsp3) is 0.0769. The second-order valence-electron chi connectivity index (χ2n) is 3.57. The van der Waals surface area contributed by atoms with E-state index in [1.807, 2.05) is 17.5 Å². The Balaban J connectivity index is 2.42. The molecule has 0 aliphatic rings. The van der Waals surface area contributed by atoms with Crippen molar-refractivity contribution in [3.63, 3.8) is 0 Å². The first-order valence-electron chi connectivity index (χ1n) is 5.05. The van der Waals surface area contributed by atoms with Gasteiger partial charge in [-0.15, -0.1) is 11.3 Å². The van der Waals surface area contributed by atoms with Crippen LogP contribution in [-0.4, -0.2) is 5.78 Å². The van der Waals surface area contributed by atoms with Gasteiger partial charge in [-0.1, -0.05) is 33.6 Å². The van der Waals surface area contributed by atoms with Gasteiger partial charge in [0.25, 0.3) is 0 Å². The van der Waals surface area contributed by atoms with Gasteiger partial charge in [0.2, 0.25) is 0 Å². The van der Waals surface area contributed by atoms with Crippen LogP contribution in [0.25, 0.3) is 0 Å². The summed E-state index contributed by atoms with van der Waals surface area (Å²) in [5, 5.41) is 11.5. The van der Waals surface area contributed by atoms with Crippen molar-refractivity contribution in [2.24, 2.45) is 0 Å². The molecule has 0 bridgehead atoms. The first kappa shape index (κ1) is 13.3. The normalized spacial score (nSPS) is 11.8. The van der Waals surface area contributed by atoms with E-state index in [0.717, 1.165) is 4.88 Å². The summed E-state index contributed by atoms with van der Waals surface area (Å²) < 4.78 is 0.647. The SMILES string of the molecule is N#CC(C(=O)c1cc(Cl)ccc1Br)c1cccs1. The first-order valence-corrected chi connectivity index (χ1v) is 7.11. The molecule has 0 radical (unpaired) electrons. The maximum atomic E-state index is 12.3. The summed E-state index contributed by atoms with van der Waals surface area (Å²) in [6.45, 7) is 0. The number of carbonyl (C=O) groups is 1. The molecule has 2 aromatic rings. The molecule has 1 heterocycles. The largest absolute Gasteiger partial charge is 0.292 e. The van der Waals surface area contributed by atoms with Gasteiger partial charge < -0.3 is 0 Å². The molecule has 0 aliphatic heterocycles. The molecule has 18 heavy (non-hydrogen) atoms. The molecule has 0 fully saturated rings. The lowest BCUT2D eigenvalue weighted by Gasteiger charge is -2.08. The number of Topliss-reactive ketones (excluding diaryl/α,β-unsaturated/α-hetero) is 1. The van der Waals surface area contributed by atoms with Crippen LogP contribution < -0.4 is 0 Å². The van der Waals surface area contributed by atoms with Crippen LogP contribution in [0.15, 0.2) is 40.2 Å². The van der Waals surface area contributed by atoms with Crippen LogP contribution in [0.2, 0.25) is 5.02 Å². The van der Waals surface area contributed by atoms with Gasteiger partial charge in [0, 0.05) is 19.9 Å². The van der Waals surface area contributed by atoms with Crippen molar-refractivity contribution in [1.82, 2.24) is 0 Å². The highest BCUT2D eigenvalue weighted by Gasteiger charge is 2.24. The van der Waals surface area contributed by atoms with Gasteiger partial charge in [-0.05, 0) is 29.6 Å². The maximum absolute atomic E-state index is 12.3. The minimum absolute atomic E-state index is 0.241. The average molecular weight is 341 g/mol. The quantitative estimate of drug-likeness (QED) is 0.763. The average Bonchev–Trinajstić information content (AvgIpc) is 2.87. The Labute approximate surface area is 122 Å². The topological polar surface area (TPSA) is 40.9 Å². The number of ketones is 1. The summed E-state index contributed by atoms with van der Waals surface area (Å²) >= 11 is 10.6. The molecule has 1 atom stereocenters. The van der Waals surface area contributed by atoms with Crippen LogP contribution in [0.4, 0.5) is 0 Å². The van der Waals surface area contributed by atoms with E-state index in [9.17, 15) is 10.1 Å². The summed E-state index contributed by atoms with van der Waals surface area (Å²) in [6.07, 6.45) is 0. The highest BCUT2D eigenvalue weighted by atomic mass is 79.9. The maximum Gasteiger partial charge on any atom is 0.186 e. The molecule has 0 saturated carbocycles. The van der Waals surface area contributed by atoms with E-state index in [1.165, 1.54) is 11.3 Å². The van der Waals surface area contributed by atoms with Gasteiger partial charge in [0.1, 0.15) is 5.92 Å². The van der Waals surface area contributed by atoms with Crippen LogP contribution in [0.1, 0.15) is 21.2 Å². The van der Waals surface area contributed by atoms with Gasteiger partial charge in [-0.3, -0.25) is 4.79 Å². The van der Waals surface area contributed by atoms with Crippen molar-refractivity contribution in [2.45, 2.75) is 5.92 Å². The zero-order chi connectivity index (χ0) is 13.1. The van der Waals surface area contributed by atoms with Crippen LogP contribution in [0.3, 0.4) is 0 Å². The summed E-state index contributed by atoms with van der Waals surface area (Å²) in [7, 11) is 0. The molecule has 1 aromatic heterocycles. The summed E-state index contributed by atoms with van der Waals surface area (Å²) in [5.41, 5.74) is 0.433. The van der Waals surface area contributed by atoms with Crippen molar-refractivity contribution in [2.75, 3.05) is 0 Å². The van der Waals surface area contributed by atoms with Crippen LogP contribution >= 0.6 is 38.9 Å². The molecule has 90 valence electrons. The lowest BCUT2D eigenvalue weighted by atomic mass is 9.97.